The standard InChI is InChI=1S/C12H15ClFN3O2S/c1-20-5-4-10(17-12(15)19)11(18)16-7-2-3-9(14)8(13)6-7/h2-3,6,10H,4-5H2,1H3,(H,16,18)(H3,15,17,19)/t10-/m0/s1. The van der Waals surface area contributed by atoms with Crippen molar-refractivity contribution in [3.05, 3.63) is 29.0 Å². The second kappa shape index (κ2) is 7.96. The van der Waals surface area contributed by atoms with Gasteiger partial charge in [-0.1, -0.05) is 11.6 Å². The molecule has 0 spiro atoms. The molecule has 0 aliphatic rings. The van der Waals surface area contributed by atoms with Crippen molar-refractivity contribution in [1.82, 2.24) is 5.32 Å². The summed E-state index contributed by atoms with van der Waals surface area (Å²) in [7, 11) is 0. The SMILES string of the molecule is CSCC[C@H](NC(N)=O)C(=O)Nc1ccc(F)c(Cl)c1. The van der Waals surface area contributed by atoms with E-state index in [4.69, 9.17) is 17.3 Å². The molecule has 0 radical (unpaired) electrons. The third kappa shape index (κ3) is 5.26. The Bertz CT molecular complexity index is 502. The van der Waals surface area contributed by atoms with Gasteiger partial charge in [-0.25, -0.2) is 9.18 Å². The first-order valence-corrected chi connectivity index (χ1v) is 7.52. The monoisotopic (exact) mass is 319 g/mol. The van der Waals surface area contributed by atoms with Gasteiger partial charge in [-0.3, -0.25) is 4.79 Å². The van der Waals surface area contributed by atoms with E-state index in [0.717, 1.165) is 6.07 Å². The van der Waals surface area contributed by atoms with Crippen LogP contribution in [-0.4, -0.2) is 30.0 Å². The fourth-order valence-corrected chi connectivity index (χ4v) is 2.13. The van der Waals surface area contributed by atoms with Crippen LogP contribution in [-0.2, 0) is 4.79 Å². The van der Waals surface area contributed by atoms with E-state index in [-0.39, 0.29) is 5.02 Å². The molecule has 0 unspecified atom stereocenters. The van der Waals surface area contributed by atoms with Gasteiger partial charge in [0.2, 0.25) is 5.91 Å². The number of thioether (sulfide) groups is 1. The smallest absolute Gasteiger partial charge is 0.312 e. The van der Waals surface area contributed by atoms with Crippen molar-refractivity contribution in [2.24, 2.45) is 5.73 Å². The van der Waals surface area contributed by atoms with Crippen molar-refractivity contribution in [3.63, 3.8) is 0 Å². The predicted octanol–water partition coefficient (Wildman–Crippen LogP) is 2.21. The van der Waals surface area contributed by atoms with Crippen molar-refractivity contribution in [2.45, 2.75) is 12.5 Å². The molecule has 0 saturated carbocycles. The zero-order chi connectivity index (χ0) is 15.1. The van der Waals surface area contributed by atoms with E-state index in [1.165, 1.54) is 12.1 Å². The Morgan fingerprint density at radius 2 is 2.20 bits per heavy atom. The highest BCUT2D eigenvalue weighted by atomic mass is 35.5. The average molecular weight is 320 g/mol. The van der Waals surface area contributed by atoms with Gasteiger partial charge in [-0.2, -0.15) is 11.8 Å². The lowest BCUT2D eigenvalue weighted by molar-refractivity contribution is -0.117. The molecule has 1 rings (SSSR count). The molecule has 1 aromatic rings. The molecule has 1 aromatic carbocycles. The molecule has 0 saturated heterocycles. The van der Waals surface area contributed by atoms with Crippen LogP contribution in [0, 0.1) is 5.82 Å². The molecule has 4 N–H and O–H groups in total. The van der Waals surface area contributed by atoms with Gasteiger partial charge in [0.05, 0.1) is 5.02 Å². The average Bonchev–Trinajstić information content (AvgIpc) is 2.38. The van der Waals surface area contributed by atoms with Crippen LogP contribution in [0.4, 0.5) is 14.9 Å². The number of hydrogen-bond donors (Lipinski definition) is 3. The Kier molecular flexibility index (Phi) is 6.60. The molecular formula is C12H15ClFN3O2S. The Hall–Kier alpha value is -1.47. The Morgan fingerprint density at radius 1 is 1.50 bits per heavy atom. The van der Waals surface area contributed by atoms with E-state index in [9.17, 15) is 14.0 Å². The number of halogens is 2. The third-order valence-corrected chi connectivity index (χ3v) is 3.36. The molecule has 110 valence electrons. The molecule has 8 heteroatoms. The quantitative estimate of drug-likeness (QED) is 0.751. The summed E-state index contributed by atoms with van der Waals surface area (Å²) >= 11 is 7.17. The maximum atomic E-state index is 13.0. The summed E-state index contributed by atoms with van der Waals surface area (Å²) in [6.45, 7) is 0. The van der Waals surface area contributed by atoms with Crippen molar-refractivity contribution >= 4 is 41.0 Å². The van der Waals surface area contributed by atoms with Crippen molar-refractivity contribution in [1.29, 1.82) is 0 Å². The highest BCUT2D eigenvalue weighted by molar-refractivity contribution is 7.98. The van der Waals surface area contributed by atoms with Crippen LogP contribution in [0.3, 0.4) is 0 Å². The summed E-state index contributed by atoms with van der Waals surface area (Å²) in [4.78, 5) is 22.9. The fourth-order valence-electron chi connectivity index (χ4n) is 1.48. The molecule has 0 bridgehead atoms. The highest BCUT2D eigenvalue weighted by Gasteiger charge is 2.19. The summed E-state index contributed by atoms with van der Waals surface area (Å²) in [5, 5.41) is 4.83. The lowest BCUT2D eigenvalue weighted by atomic mass is 10.2. The van der Waals surface area contributed by atoms with Gasteiger partial charge in [0.25, 0.3) is 0 Å². The largest absolute Gasteiger partial charge is 0.352 e. The Morgan fingerprint density at radius 3 is 2.75 bits per heavy atom. The highest BCUT2D eigenvalue weighted by Crippen LogP contribution is 2.19. The van der Waals surface area contributed by atoms with Gasteiger partial charge >= 0.3 is 6.03 Å². The van der Waals surface area contributed by atoms with Crippen LogP contribution in [0.2, 0.25) is 5.02 Å². The van der Waals surface area contributed by atoms with Gasteiger partial charge in [-0.05, 0) is 36.6 Å². The molecular weight excluding hydrogens is 305 g/mol. The predicted molar refractivity (Wildman–Crippen MR) is 79.5 cm³/mol. The van der Waals surface area contributed by atoms with E-state index in [1.54, 1.807) is 11.8 Å². The summed E-state index contributed by atoms with van der Waals surface area (Å²) in [6.07, 6.45) is 2.32. The van der Waals surface area contributed by atoms with Crippen molar-refractivity contribution < 1.29 is 14.0 Å². The minimum absolute atomic E-state index is 0.0914. The first-order chi connectivity index (χ1) is 9.43. The topological polar surface area (TPSA) is 84.2 Å². The molecule has 20 heavy (non-hydrogen) atoms. The summed E-state index contributed by atoms with van der Waals surface area (Å²) in [5.74, 6) is -0.317. The zero-order valence-electron chi connectivity index (χ0n) is 10.8. The van der Waals surface area contributed by atoms with Gasteiger partial charge in [0, 0.05) is 5.69 Å². The van der Waals surface area contributed by atoms with Crippen LogP contribution in [0.15, 0.2) is 18.2 Å². The number of amides is 3. The second-order valence-corrected chi connectivity index (χ2v) is 5.35. The van der Waals surface area contributed by atoms with Crippen LogP contribution in [0.25, 0.3) is 0 Å². The van der Waals surface area contributed by atoms with Gasteiger partial charge in [-0.15, -0.1) is 0 Å². The van der Waals surface area contributed by atoms with Crippen LogP contribution in [0.1, 0.15) is 6.42 Å². The molecule has 0 aromatic heterocycles. The third-order valence-electron chi connectivity index (χ3n) is 2.43. The van der Waals surface area contributed by atoms with Gasteiger partial charge < -0.3 is 16.4 Å². The number of rotatable bonds is 6. The zero-order valence-corrected chi connectivity index (χ0v) is 12.4. The Labute approximate surface area is 125 Å². The summed E-state index contributed by atoms with van der Waals surface area (Å²) in [6, 6.07) is 2.31. The van der Waals surface area contributed by atoms with E-state index >= 15 is 0 Å². The van der Waals surface area contributed by atoms with E-state index < -0.39 is 23.8 Å². The summed E-state index contributed by atoms with van der Waals surface area (Å²) < 4.78 is 13.0. The first kappa shape index (κ1) is 16.6. The summed E-state index contributed by atoms with van der Waals surface area (Å²) in [5.41, 5.74) is 5.38. The Balaban J connectivity index is 2.73. The van der Waals surface area contributed by atoms with Crippen molar-refractivity contribution in [2.75, 3.05) is 17.3 Å². The number of anilines is 1. The molecule has 5 nitrogen and oxygen atoms in total. The second-order valence-electron chi connectivity index (χ2n) is 3.96. The van der Waals surface area contributed by atoms with E-state index in [0.29, 0.717) is 17.9 Å². The number of nitrogens with two attached hydrogens (primary N) is 1. The first-order valence-electron chi connectivity index (χ1n) is 5.75. The lowest BCUT2D eigenvalue weighted by Crippen LogP contribution is -2.46. The normalized spacial score (nSPS) is 11.8. The number of primary amides is 1. The number of benzene rings is 1. The number of nitrogens with one attached hydrogen (secondary N) is 2. The maximum Gasteiger partial charge on any atom is 0.312 e. The van der Waals surface area contributed by atoms with Crippen LogP contribution < -0.4 is 16.4 Å². The number of urea groups is 1. The molecule has 0 aliphatic heterocycles. The number of carbonyl (C=O) groups excluding carboxylic acids is 2. The fraction of sp³-hybridized carbons (Fsp3) is 0.333. The lowest BCUT2D eigenvalue weighted by Gasteiger charge is -2.17. The number of carbonyl (C=O) groups is 2. The van der Waals surface area contributed by atoms with E-state index in [1.807, 2.05) is 6.26 Å². The van der Waals surface area contributed by atoms with Crippen LogP contribution >= 0.6 is 23.4 Å². The van der Waals surface area contributed by atoms with Gasteiger partial charge in [0.15, 0.2) is 0 Å². The van der Waals surface area contributed by atoms with Gasteiger partial charge in [0.1, 0.15) is 11.9 Å². The minimum Gasteiger partial charge on any atom is -0.352 e. The molecule has 0 fully saturated rings. The molecule has 3 amide bonds. The van der Waals surface area contributed by atoms with Crippen molar-refractivity contribution in [3.8, 4) is 0 Å². The molecule has 0 aliphatic carbocycles. The molecule has 0 heterocycles. The number of hydrogen-bond acceptors (Lipinski definition) is 3. The molecule has 1 atom stereocenters. The van der Waals surface area contributed by atoms with E-state index in [2.05, 4.69) is 10.6 Å². The van der Waals surface area contributed by atoms with Crippen LogP contribution in [0.5, 0.6) is 0 Å². The maximum absolute atomic E-state index is 13.0. The minimum atomic E-state index is -0.775.